The van der Waals surface area contributed by atoms with Gasteiger partial charge >= 0.3 is 5.97 Å². The summed E-state index contributed by atoms with van der Waals surface area (Å²) in [6.07, 6.45) is 1.26. The van der Waals surface area contributed by atoms with Gasteiger partial charge in [0.15, 0.2) is 0 Å². The number of halogens is 1. The molecule has 1 aromatic heterocycles. The van der Waals surface area contributed by atoms with Gasteiger partial charge in [-0.1, -0.05) is 28.8 Å². The van der Waals surface area contributed by atoms with Gasteiger partial charge in [-0.25, -0.2) is 4.79 Å². The van der Waals surface area contributed by atoms with Crippen LogP contribution >= 0.6 is 11.6 Å². The molecule has 2 heterocycles. The van der Waals surface area contributed by atoms with Crippen molar-refractivity contribution in [2.24, 2.45) is 0 Å². The SMILES string of the molecule is Cc1cc(CC(=O)ON2C(=O)c3ccccc3C2=O)ncc1Cl. The lowest BCUT2D eigenvalue weighted by molar-refractivity contribution is -0.167. The van der Waals surface area contributed by atoms with Gasteiger partial charge in [0.2, 0.25) is 0 Å². The zero-order valence-electron chi connectivity index (χ0n) is 12.1. The first kappa shape index (κ1) is 15.2. The lowest BCUT2D eigenvalue weighted by atomic mass is 10.1. The van der Waals surface area contributed by atoms with Crippen molar-refractivity contribution >= 4 is 29.4 Å². The van der Waals surface area contributed by atoms with Crippen LogP contribution in [0.15, 0.2) is 36.5 Å². The molecule has 0 unspecified atom stereocenters. The van der Waals surface area contributed by atoms with E-state index < -0.39 is 17.8 Å². The average molecular weight is 331 g/mol. The number of rotatable bonds is 3. The Bertz CT molecular complexity index is 800. The fraction of sp³-hybridized carbons (Fsp3) is 0.125. The molecule has 0 spiro atoms. The summed E-state index contributed by atoms with van der Waals surface area (Å²) >= 11 is 5.87. The van der Waals surface area contributed by atoms with E-state index in [-0.39, 0.29) is 17.5 Å². The van der Waals surface area contributed by atoms with E-state index in [0.717, 1.165) is 5.56 Å². The molecule has 1 aliphatic rings. The maximum absolute atomic E-state index is 12.1. The number of hydrogen-bond acceptors (Lipinski definition) is 5. The summed E-state index contributed by atoms with van der Waals surface area (Å²) in [6.45, 7) is 1.78. The highest BCUT2D eigenvalue weighted by Gasteiger charge is 2.38. The molecule has 0 saturated carbocycles. The van der Waals surface area contributed by atoms with Crippen LogP contribution in [0.5, 0.6) is 0 Å². The van der Waals surface area contributed by atoms with Gasteiger partial charge in [-0.2, -0.15) is 0 Å². The van der Waals surface area contributed by atoms with Gasteiger partial charge in [0.05, 0.1) is 28.3 Å². The first-order valence-corrected chi connectivity index (χ1v) is 7.15. The number of pyridine rings is 1. The normalized spacial score (nSPS) is 13.2. The topological polar surface area (TPSA) is 76.6 Å². The van der Waals surface area contributed by atoms with E-state index in [1.807, 2.05) is 0 Å². The third-order valence-electron chi connectivity index (χ3n) is 3.38. The van der Waals surface area contributed by atoms with Gasteiger partial charge in [-0.15, -0.1) is 0 Å². The van der Waals surface area contributed by atoms with Crippen LogP contribution in [-0.4, -0.2) is 27.8 Å². The van der Waals surface area contributed by atoms with Crippen molar-refractivity contribution in [3.05, 3.63) is 63.9 Å². The number of carbonyl (C=O) groups excluding carboxylic acids is 3. The Morgan fingerprint density at radius 1 is 1.22 bits per heavy atom. The van der Waals surface area contributed by atoms with Crippen molar-refractivity contribution in [2.45, 2.75) is 13.3 Å². The quantitative estimate of drug-likeness (QED) is 0.807. The van der Waals surface area contributed by atoms with Gasteiger partial charge in [-0.05, 0) is 30.7 Å². The van der Waals surface area contributed by atoms with Gasteiger partial charge in [0.1, 0.15) is 0 Å². The fourth-order valence-corrected chi connectivity index (χ4v) is 2.33. The predicted molar refractivity (Wildman–Crippen MR) is 80.7 cm³/mol. The summed E-state index contributed by atoms with van der Waals surface area (Å²) in [5, 5.41) is 0.970. The molecule has 2 aromatic rings. The largest absolute Gasteiger partial charge is 0.339 e. The van der Waals surface area contributed by atoms with E-state index in [0.29, 0.717) is 15.8 Å². The number of aromatic nitrogens is 1. The van der Waals surface area contributed by atoms with Crippen molar-refractivity contribution in [2.75, 3.05) is 0 Å². The first-order chi connectivity index (χ1) is 11.0. The Morgan fingerprint density at radius 2 is 1.83 bits per heavy atom. The van der Waals surface area contributed by atoms with Crippen molar-refractivity contribution < 1.29 is 19.2 Å². The number of benzene rings is 1. The zero-order valence-corrected chi connectivity index (χ0v) is 12.8. The molecule has 0 atom stereocenters. The van der Waals surface area contributed by atoms with Crippen LogP contribution in [0, 0.1) is 6.92 Å². The Labute approximate surface area is 136 Å². The Hall–Kier alpha value is -2.73. The second-order valence-corrected chi connectivity index (χ2v) is 5.42. The summed E-state index contributed by atoms with van der Waals surface area (Å²) in [6, 6.07) is 7.93. The van der Waals surface area contributed by atoms with E-state index in [4.69, 9.17) is 16.4 Å². The lowest BCUT2D eigenvalue weighted by Crippen LogP contribution is -2.33. The third kappa shape index (κ3) is 2.80. The zero-order chi connectivity index (χ0) is 16.6. The van der Waals surface area contributed by atoms with Gasteiger partial charge in [-0.3, -0.25) is 14.6 Å². The summed E-state index contributed by atoms with van der Waals surface area (Å²) < 4.78 is 0. The van der Waals surface area contributed by atoms with Crippen LogP contribution in [0.1, 0.15) is 32.0 Å². The van der Waals surface area contributed by atoms with E-state index in [2.05, 4.69) is 4.98 Å². The van der Waals surface area contributed by atoms with E-state index in [9.17, 15) is 14.4 Å². The van der Waals surface area contributed by atoms with Crippen LogP contribution in [0.3, 0.4) is 0 Å². The molecule has 0 bridgehead atoms. The Balaban J connectivity index is 1.73. The van der Waals surface area contributed by atoms with Crippen LogP contribution in [0.25, 0.3) is 0 Å². The molecule has 1 aromatic carbocycles. The minimum absolute atomic E-state index is 0.175. The number of carbonyl (C=O) groups is 3. The summed E-state index contributed by atoms with van der Waals surface area (Å²) in [5.41, 5.74) is 1.63. The molecule has 23 heavy (non-hydrogen) atoms. The fourth-order valence-electron chi connectivity index (χ4n) is 2.23. The van der Waals surface area contributed by atoms with Crippen LogP contribution in [0.4, 0.5) is 0 Å². The number of fused-ring (bicyclic) bond motifs is 1. The van der Waals surface area contributed by atoms with E-state index in [1.165, 1.54) is 18.3 Å². The molecule has 1 aliphatic heterocycles. The molecule has 0 saturated heterocycles. The number of imide groups is 1. The second kappa shape index (κ2) is 5.81. The van der Waals surface area contributed by atoms with Gasteiger partial charge in [0.25, 0.3) is 11.8 Å². The third-order valence-corrected chi connectivity index (χ3v) is 3.77. The molecular weight excluding hydrogens is 320 g/mol. The van der Waals surface area contributed by atoms with Crippen LogP contribution in [-0.2, 0) is 16.1 Å². The minimum atomic E-state index is -0.756. The van der Waals surface area contributed by atoms with Crippen molar-refractivity contribution in [3.8, 4) is 0 Å². The summed E-state index contributed by atoms with van der Waals surface area (Å²) in [5.74, 6) is -2.06. The monoisotopic (exact) mass is 330 g/mol. The molecular formula is C16H11ClN2O4. The molecule has 0 N–H and O–H groups in total. The number of amides is 2. The first-order valence-electron chi connectivity index (χ1n) is 6.77. The molecule has 0 radical (unpaired) electrons. The minimum Gasteiger partial charge on any atom is -0.329 e. The molecule has 2 amide bonds. The lowest BCUT2D eigenvalue weighted by Gasteiger charge is -2.12. The number of hydrogen-bond donors (Lipinski definition) is 0. The molecule has 0 fully saturated rings. The van der Waals surface area contributed by atoms with E-state index in [1.54, 1.807) is 25.1 Å². The van der Waals surface area contributed by atoms with Crippen LogP contribution < -0.4 is 0 Å². The maximum atomic E-state index is 12.1. The van der Waals surface area contributed by atoms with Gasteiger partial charge < -0.3 is 4.84 Å². The summed E-state index contributed by atoms with van der Waals surface area (Å²) in [4.78, 5) is 45.1. The van der Waals surface area contributed by atoms with Gasteiger partial charge in [0, 0.05) is 6.20 Å². The van der Waals surface area contributed by atoms with Crippen molar-refractivity contribution in [1.82, 2.24) is 10.0 Å². The molecule has 116 valence electrons. The van der Waals surface area contributed by atoms with Crippen molar-refractivity contribution in [1.29, 1.82) is 0 Å². The molecule has 7 heteroatoms. The highest BCUT2D eigenvalue weighted by molar-refractivity contribution is 6.31. The highest BCUT2D eigenvalue weighted by atomic mass is 35.5. The highest BCUT2D eigenvalue weighted by Crippen LogP contribution is 2.23. The molecule has 0 aliphatic carbocycles. The Kier molecular flexibility index (Phi) is 3.83. The smallest absolute Gasteiger partial charge is 0.329 e. The maximum Gasteiger partial charge on any atom is 0.339 e. The average Bonchev–Trinajstić information content (AvgIpc) is 2.76. The van der Waals surface area contributed by atoms with Crippen LogP contribution in [0.2, 0.25) is 5.02 Å². The Morgan fingerprint density at radius 3 is 2.39 bits per heavy atom. The molecule has 3 rings (SSSR count). The summed E-state index contributed by atoms with van der Waals surface area (Å²) in [7, 11) is 0. The predicted octanol–water partition coefficient (Wildman–Crippen LogP) is 2.34. The second-order valence-electron chi connectivity index (χ2n) is 5.02. The van der Waals surface area contributed by atoms with E-state index >= 15 is 0 Å². The molecule has 6 nitrogen and oxygen atoms in total. The number of hydroxylamine groups is 2. The number of nitrogens with zero attached hydrogens (tertiary/aromatic N) is 2. The standard InChI is InChI=1S/C16H11ClN2O4/c1-9-6-10(18-8-13(9)17)7-14(20)23-19-15(21)11-4-2-3-5-12(11)16(19)22/h2-6,8H,7H2,1H3. The van der Waals surface area contributed by atoms with Crippen molar-refractivity contribution in [3.63, 3.8) is 0 Å². The number of aryl methyl sites for hydroxylation is 1.